The van der Waals surface area contributed by atoms with Crippen LogP contribution in [-0.4, -0.2) is 41.3 Å². The molecule has 1 aliphatic rings. The van der Waals surface area contributed by atoms with Gasteiger partial charge in [0.1, 0.15) is 5.82 Å². The summed E-state index contributed by atoms with van der Waals surface area (Å²) in [5, 5.41) is 2.83. The highest BCUT2D eigenvalue weighted by Crippen LogP contribution is 2.32. The van der Waals surface area contributed by atoms with Crippen molar-refractivity contribution in [2.24, 2.45) is 14.1 Å². The SMILES string of the molecule is Cn1c(=O)n(C)c2cc(N3CCOCC3)c(NC(=O)c3ccccc3F)cc21. The van der Waals surface area contributed by atoms with E-state index in [4.69, 9.17) is 4.74 Å². The van der Waals surface area contributed by atoms with Gasteiger partial charge in [-0.05, 0) is 24.3 Å². The molecule has 28 heavy (non-hydrogen) atoms. The number of amides is 1. The summed E-state index contributed by atoms with van der Waals surface area (Å²) in [6.07, 6.45) is 0. The Morgan fingerprint density at radius 1 is 1.07 bits per heavy atom. The van der Waals surface area contributed by atoms with E-state index in [2.05, 4.69) is 10.2 Å². The normalized spacial score (nSPS) is 14.5. The van der Waals surface area contributed by atoms with Crippen molar-refractivity contribution in [3.05, 3.63) is 58.3 Å². The Balaban J connectivity index is 1.82. The predicted molar refractivity (Wildman–Crippen MR) is 106 cm³/mol. The van der Waals surface area contributed by atoms with Crippen LogP contribution < -0.4 is 15.9 Å². The fourth-order valence-electron chi connectivity index (χ4n) is 3.54. The van der Waals surface area contributed by atoms with Crippen LogP contribution in [-0.2, 0) is 18.8 Å². The molecule has 0 bridgehead atoms. The highest BCUT2D eigenvalue weighted by atomic mass is 19.1. The minimum atomic E-state index is -0.582. The Hall–Kier alpha value is -3.13. The molecule has 1 fully saturated rings. The molecule has 8 heteroatoms. The molecule has 146 valence electrons. The Morgan fingerprint density at radius 2 is 1.71 bits per heavy atom. The third kappa shape index (κ3) is 3.05. The number of aromatic nitrogens is 2. The lowest BCUT2D eigenvalue weighted by atomic mass is 10.1. The van der Waals surface area contributed by atoms with Crippen LogP contribution in [0.3, 0.4) is 0 Å². The summed E-state index contributed by atoms with van der Waals surface area (Å²) in [5.41, 5.74) is 2.58. The van der Waals surface area contributed by atoms with E-state index in [9.17, 15) is 14.0 Å². The second-order valence-corrected chi connectivity index (χ2v) is 6.79. The maximum Gasteiger partial charge on any atom is 0.328 e. The summed E-state index contributed by atoms with van der Waals surface area (Å²) in [6.45, 7) is 2.47. The molecule has 1 aliphatic heterocycles. The van der Waals surface area contributed by atoms with E-state index in [1.807, 2.05) is 6.07 Å². The second kappa shape index (κ2) is 7.12. The standard InChI is InChI=1S/C20H21FN4O3/c1-23-17-11-15(22-19(26)13-5-3-4-6-14(13)21)16(25-7-9-28-10-8-25)12-18(17)24(2)20(23)27/h3-6,11-12H,7-10H2,1-2H3,(H,22,26). The molecule has 3 aromatic rings. The summed E-state index contributed by atoms with van der Waals surface area (Å²) in [6, 6.07) is 9.50. The number of nitrogens with one attached hydrogen (secondary N) is 1. The average molecular weight is 384 g/mol. The number of fused-ring (bicyclic) bond motifs is 1. The number of benzene rings is 2. The molecule has 0 unspecified atom stereocenters. The number of hydrogen-bond donors (Lipinski definition) is 1. The van der Waals surface area contributed by atoms with Crippen LogP contribution in [0.5, 0.6) is 0 Å². The number of nitrogens with zero attached hydrogens (tertiary/aromatic N) is 3. The van der Waals surface area contributed by atoms with E-state index in [0.29, 0.717) is 37.5 Å². The van der Waals surface area contributed by atoms with Crippen molar-refractivity contribution < 1.29 is 13.9 Å². The quantitative estimate of drug-likeness (QED) is 0.751. The van der Waals surface area contributed by atoms with Gasteiger partial charge >= 0.3 is 5.69 Å². The number of carbonyl (C=O) groups is 1. The maximum atomic E-state index is 14.0. The maximum absolute atomic E-state index is 14.0. The van der Waals surface area contributed by atoms with Crippen molar-refractivity contribution >= 4 is 28.3 Å². The Kier molecular flexibility index (Phi) is 4.64. The molecular weight excluding hydrogens is 363 g/mol. The van der Waals surface area contributed by atoms with E-state index in [1.54, 1.807) is 30.8 Å². The van der Waals surface area contributed by atoms with Gasteiger partial charge in [-0.15, -0.1) is 0 Å². The van der Waals surface area contributed by atoms with Crippen molar-refractivity contribution in [1.29, 1.82) is 0 Å². The van der Waals surface area contributed by atoms with Crippen LogP contribution >= 0.6 is 0 Å². The van der Waals surface area contributed by atoms with Crippen molar-refractivity contribution in [1.82, 2.24) is 9.13 Å². The number of morpholine rings is 1. The van der Waals surface area contributed by atoms with Crippen molar-refractivity contribution in [3.8, 4) is 0 Å². The highest BCUT2D eigenvalue weighted by Gasteiger charge is 2.21. The number of imidazole rings is 1. The molecule has 0 atom stereocenters. The largest absolute Gasteiger partial charge is 0.378 e. The van der Waals surface area contributed by atoms with Gasteiger partial charge in [-0.3, -0.25) is 13.9 Å². The molecule has 0 aliphatic carbocycles. The van der Waals surface area contributed by atoms with Gasteiger partial charge in [-0.1, -0.05) is 12.1 Å². The lowest BCUT2D eigenvalue weighted by Crippen LogP contribution is -2.36. The van der Waals surface area contributed by atoms with Gasteiger partial charge in [0.05, 0.1) is 41.2 Å². The van der Waals surface area contributed by atoms with E-state index < -0.39 is 11.7 Å². The molecule has 1 saturated heterocycles. The van der Waals surface area contributed by atoms with Gasteiger partial charge in [-0.2, -0.15) is 0 Å². The van der Waals surface area contributed by atoms with Gasteiger partial charge < -0.3 is 15.0 Å². The third-order valence-corrected chi connectivity index (χ3v) is 5.11. The molecule has 2 aromatic carbocycles. The Morgan fingerprint density at radius 3 is 2.39 bits per heavy atom. The van der Waals surface area contributed by atoms with Crippen LogP contribution in [0.15, 0.2) is 41.2 Å². The molecule has 1 amide bonds. The number of halogens is 1. The van der Waals surface area contributed by atoms with Crippen molar-refractivity contribution in [2.75, 3.05) is 36.5 Å². The smallest absolute Gasteiger partial charge is 0.328 e. The third-order valence-electron chi connectivity index (χ3n) is 5.11. The predicted octanol–water partition coefficient (Wildman–Crippen LogP) is 2.10. The van der Waals surface area contributed by atoms with Crippen LogP contribution in [0.4, 0.5) is 15.8 Å². The summed E-state index contributed by atoms with van der Waals surface area (Å²) in [5.74, 6) is -1.12. The zero-order valence-corrected chi connectivity index (χ0v) is 15.7. The van der Waals surface area contributed by atoms with Gasteiger partial charge in [0.25, 0.3) is 5.91 Å². The van der Waals surface area contributed by atoms with Crippen molar-refractivity contribution in [3.63, 3.8) is 0 Å². The Bertz CT molecular complexity index is 1110. The van der Waals surface area contributed by atoms with Crippen molar-refractivity contribution in [2.45, 2.75) is 0 Å². The lowest BCUT2D eigenvalue weighted by Gasteiger charge is -2.30. The first-order valence-corrected chi connectivity index (χ1v) is 9.05. The van der Waals surface area contributed by atoms with E-state index in [-0.39, 0.29) is 11.3 Å². The second-order valence-electron chi connectivity index (χ2n) is 6.79. The van der Waals surface area contributed by atoms with Crippen LogP contribution in [0.25, 0.3) is 11.0 Å². The first-order valence-electron chi connectivity index (χ1n) is 9.05. The fourth-order valence-corrected chi connectivity index (χ4v) is 3.54. The van der Waals surface area contributed by atoms with Gasteiger partial charge in [0.15, 0.2) is 0 Å². The van der Waals surface area contributed by atoms with Gasteiger partial charge in [-0.25, -0.2) is 9.18 Å². The molecule has 0 saturated carbocycles. The van der Waals surface area contributed by atoms with E-state index >= 15 is 0 Å². The molecule has 7 nitrogen and oxygen atoms in total. The van der Waals surface area contributed by atoms with Gasteiger partial charge in [0.2, 0.25) is 0 Å². The number of aryl methyl sites for hydroxylation is 2. The number of ether oxygens (including phenoxy) is 1. The molecular formula is C20H21FN4O3. The molecule has 4 rings (SSSR count). The summed E-state index contributed by atoms with van der Waals surface area (Å²) in [7, 11) is 3.40. The number of anilines is 2. The summed E-state index contributed by atoms with van der Waals surface area (Å²) >= 11 is 0. The summed E-state index contributed by atoms with van der Waals surface area (Å²) in [4.78, 5) is 27.1. The zero-order valence-electron chi connectivity index (χ0n) is 15.7. The van der Waals surface area contributed by atoms with Crippen LogP contribution in [0, 0.1) is 5.82 Å². The molecule has 2 heterocycles. The van der Waals surface area contributed by atoms with Crippen LogP contribution in [0.1, 0.15) is 10.4 Å². The molecule has 1 aromatic heterocycles. The monoisotopic (exact) mass is 384 g/mol. The molecule has 1 N–H and O–H groups in total. The fraction of sp³-hybridized carbons (Fsp3) is 0.300. The first kappa shape index (κ1) is 18.2. The number of carbonyl (C=O) groups excluding carboxylic acids is 1. The van der Waals surface area contributed by atoms with E-state index in [0.717, 1.165) is 11.2 Å². The number of hydrogen-bond acceptors (Lipinski definition) is 4. The highest BCUT2D eigenvalue weighted by molar-refractivity contribution is 6.07. The minimum absolute atomic E-state index is 0.0301. The lowest BCUT2D eigenvalue weighted by molar-refractivity contribution is 0.102. The molecule has 0 spiro atoms. The Labute approximate surface area is 160 Å². The van der Waals surface area contributed by atoms with Gasteiger partial charge in [0, 0.05) is 27.2 Å². The zero-order chi connectivity index (χ0) is 19.8. The van der Waals surface area contributed by atoms with E-state index in [1.165, 1.54) is 22.8 Å². The topological polar surface area (TPSA) is 68.5 Å². The average Bonchev–Trinajstić information content (AvgIpc) is 2.92. The first-order chi connectivity index (χ1) is 13.5. The molecule has 0 radical (unpaired) electrons. The summed E-state index contributed by atoms with van der Waals surface area (Å²) < 4.78 is 22.6. The number of rotatable bonds is 3. The minimum Gasteiger partial charge on any atom is -0.378 e. The van der Waals surface area contributed by atoms with Crippen LogP contribution in [0.2, 0.25) is 0 Å².